The molecule has 2 rings (SSSR count). The van der Waals surface area contributed by atoms with E-state index in [9.17, 15) is 10.1 Å². The molecule has 1 aliphatic rings. The lowest BCUT2D eigenvalue weighted by Crippen LogP contribution is -2.21. The lowest BCUT2D eigenvalue weighted by atomic mass is 9.96. The number of nitro benzene ring substituents is 1. The number of hydrogen-bond acceptors (Lipinski definition) is 3. The van der Waals surface area contributed by atoms with Gasteiger partial charge in [-0.3, -0.25) is 10.1 Å². The van der Waals surface area contributed by atoms with Gasteiger partial charge in [0.1, 0.15) is 0 Å². The molecule has 0 amide bonds. The van der Waals surface area contributed by atoms with Crippen LogP contribution in [0.15, 0.2) is 22.7 Å². The van der Waals surface area contributed by atoms with Gasteiger partial charge < -0.3 is 4.74 Å². The Bertz CT molecular complexity index is 404. The smallest absolute Gasteiger partial charge is 0.283 e. The van der Waals surface area contributed by atoms with Crippen LogP contribution in [-0.2, 0) is 11.3 Å². The summed E-state index contributed by atoms with van der Waals surface area (Å²) in [6, 6.07) is 5.09. The highest BCUT2D eigenvalue weighted by Gasteiger charge is 2.18. The van der Waals surface area contributed by atoms with Gasteiger partial charge in [0.25, 0.3) is 5.69 Å². The van der Waals surface area contributed by atoms with Gasteiger partial charge in [-0.15, -0.1) is 0 Å². The van der Waals surface area contributed by atoms with Gasteiger partial charge in [-0.1, -0.05) is 6.07 Å². The Hall–Kier alpha value is -0.940. The van der Waals surface area contributed by atoms with E-state index >= 15 is 0 Å². The second kappa shape index (κ2) is 4.93. The standard InChI is InChI=1S/C11H12BrNO3/c12-10-5-4-8(6-11(10)13(14)15)7-16-9-2-1-3-9/h4-6,9H,1-3,7H2. The number of benzene rings is 1. The quantitative estimate of drug-likeness (QED) is 0.629. The highest BCUT2D eigenvalue weighted by molar-refractivity contribution is 9.10. The molecule has 0 bridgehead atoms. The third kappa shape index (κ3) is 2.59. The van der Waals surface area contributed by atoms with Gasteiger partial charge in [0.05, 0.1) is 22.1 Å². The molecule has 0 aromatic heterocycles. The van der Waals surface area contributed by atoms with Crippen LogP contribution in [0, 0.1) is 10.1 Å². The number of hydrogen-bond donors (Lipinski definition) is 0. The molecule has 16 heavy (non-hydrogen) atoms. The topological polar surface area (TPSA) is 52.4 Å². The number of halogens is 1. The van der Waals surface area contributed by atoms with Crippen LogP contribution < -0.4 is 0 Å². The molecule has 86 valence electrons. The van der Waals surface area contributed by atoms with E-state index in [1.165, 1.54) is 6.42 Å². The van der Waals surface area contributed by atoms with Crippen molar-refractivity contribution in [3.8, 4) is 0 Å². The van der Waals surface area contributed by atoms with E-state index < -0.39 is 4.92 Å². The minimum atomic E-state index is -0.392. The highest BCUT2D eigenvalue weighted by Crippen LogP contribution is 2.27. The number of nitro groups is 1. The summed E-state index contributed by atoms with van der Waals surface area (Å²) >= 11 is 3.15. The van der Waals surface area contributed by atoms with E-state index in [2.05, 4.69) is 15.9 Å². The van der Waals surface area contributed by atoms with Crippen LogP contribution in [0.3, 0.4) is 0 Å². The van der Waals surface area contributed by atoms with Gasteiger partial charge in [0, 0.05) is 6.07 Å². The summed E-state index contributed by atoms with van der Waals surface area (Å²) < 4.78 is 6.11. The summed E-state index contributed by atoms with van der Waals surface area (Å²) in [4.78, 5) is 10.3. The fraction of sp³-hybridized carbons (Fsp3) is 0.455. The highest BCUT2D eigenvalue weighted by atomic mass is 79.9. The Morgan fingerprint density at radius 3 is 2.81 bits per heavy atom. The van der Waals surface area contributed by atoms with Gasteiger partial charge in [-0.2, -0.15) is 0 Å². The summed E-state index contributed by atoms with van der Waals surface area (Å²) in [6.45, 7) is 0.457. The first-order chi connectivity index (χ1) is 7.66. The molecule has 0 aliphatic heterocycles. The first-order valence-corrected chi connectivity index (χ1v) is 6.00. The lowest BCUT2D eigenvalue weighted by Gasteiger charge is -2.25. The Balaban J connectivity index is 2.03. The molecule has 0 N–H and O–H groups in total. The molecule has 0 spiro atoms. The van der Waals surface area contributed by atoms with Crippen LogP contribution >= 0.6 is 15.9 Å². The fourth-order valence-corrected chi connectivity index (χ4v) is 1.93. The Labute approximate surface area is 102 Å². The summed E-state index contributed by atoms with van der Waals surface area (Å²) in [7, 11) is 0. The normalized spacial score (nSPS) is 15.8. The molecule has 1 aromatic rings. The van der Waals surface area contributed by atoms with Gasteiger partial charge in [-0.25, -0.2) is 0 Å². The van der Waals surface area contributed by atoms with Crippen LogP contribution in [0.2, 0.25) is 0 Å². The zero-order chi connectivity index (χ0) is 11.5. The van der Waals surface area contributed by atoms with Crippen molar-refractivity contribution < 1.29 is 9.66 Å². The van der Waals surface area contributed by atoms with Gasteiger partial charge in [0.15, 0.2) is 0 Å². The van der Waals surface area contributed by atoms with Crippen LogP contribution in [0.1, 0.15) is 24.8 Å². The second-order valence-electron chi connectivity index (χ2n) is 3.91. The maximum absolute atomic E-state index is 10.7. The Morgan fingerprint density at radius 1 is 1.50 bits per heavy atom. The monoisotopic (exact) mass is 285 g/mol. The molecule has 0 unspecified atom stereocenters. The van der Waals surface area contributed by atoms with Gasteiger partial charge >= 0.3 is 0 Å². The zero-order valence-electron chi connectivity index (χ0n) is 8.69. The van der Waals surface area contributed by atoms with Gasteiger partial charge in [0.2, 0.25) is 0 Å². The van der Waals surface area contributed by atoms with E-state index in [4.69, 9.17) is 4.74 Å². The van der Waals surface area contributed by atoms with E-state index in [1.54, 1.807) is 12.1 Å². The van der Waals surface area contributed by atoms with Crippen LogP contribution in [0.4, 0.5) is 5.69 Å². The molecule has 1 saturated carbocycles. The number of ether oxygens (including phenoxy) is 1. The third-order valence-corrected chi connectivity index (χ3v) is 3.42. The van der Waals surface area contributed by atoms with Crippen LogP contribution in [-0.4, -0.2) is 11.0 Å². The summed E-state index contributed by atoms with van der Waals surface area (Å²) in [5.41, 5.74) is 0.941. The number of rotatable bonds is 4. The van der Waals surface area contributed by atoms with Crippen molar-refractivity contribution >= 4 is 21.6 Å². The molecule has 0 heterocycles. The molecular weight excluding hydrogens is 274 g/mol. The molecule has 1 aromatic carbocycles. The SMILES string of the molecule is O=[N+]([O-])c1cc(COC2CCC2)ccc1Br. The van der Waals surface area contributed by atoms with Crippen molar-refractivity contribution in [1.29, 1.82) is 0 Å². The minimum Gasteiger partial charge on any atom is -0.374 e. The summed E-state index contributed by atoms with van der Waals surface area (Å²) in [5, 5.41) is 10.7. The second-order valence-corrected chi connectivity index (χ2v) is 4.76. The minimum absolute atomic E-state index is 0.0923. The van der Waals surface area contributed by atoms with Gasteiger partial charge in [-0.05, 0) is 46.8 Å². The van der Waals surface area contributed by atoms with Crippen molar-refractivity contribution in [2.45, 2.75) is 32.0 Å². The maximum Gasteiger partial charge on any atom is 0.283 e. The largest absolute Gasteiger partial charge is 0.374 e. The zero-order valence-corrected chi connectivity index (χ0v) is 10.3. The first-order valence-electron chi connectivity index (χ1n) is 5.21. The van der Waals surface area contributed by atoms with E-state index in [-0.39, 0.29) is 5.69 Å². The van der Waals surface area contributed by atoms with Crippen molar-refractivity contribution in [2.75, 3.05) is 0 Å². The molecule has 0 atom stereocenters. The molecule has 0 saturated heterocycles. The average Bonchev–Trinajstić information content (AvgIpc) is 2.17. The molecule has 1 fully saturated rings. The molecule has 5 heteroatoms. The molecule has 1 aliphatic carbocycles. The van der Waals surface area contributed by atoms with Crippen LogP contribution in [0.25, 0.3) is 0 Å². The van der Waals surface area contributed by atoms with Crippen molar-refractivity contribution in [2.24, 2.45) is 0 Å². The first kappa shape index (κ1) is 11.5. The predicted molar refractivity (Wildman–Crippen MR) is 63.2 cm³/mol. The molecule has 0 radical (unpaired) electrons. The average molecular weight is 286 g/mol. The van der Waals surface area contributed by atoms with Crippen LogP contribution in [0.5, 0.6) is 0 Å². The maximum atomic E-state index is 10.7. The van der Waals surface area contributed by atoms with Crippen molar-refractivity contribution in [3.63, 3.8) is 0 Å². The summed E-state index contributed by atoms with van der Waals surface area (Å²) in [6.07, 6.45) is 3.80. The van der Waals surface area contributed by atoms with E-state index in [0.29, 0.717) is 17.2 Å². The van der Waals surface area contributed by atoms with Crippen molar-refractivity contribution in [3.05, 3.63) is 38.3 Å². The Kier molecular flexibility index (Phi) is 3.56. The summed E-state index contributed by atoms with van der Waals surface area (Å²) in [5.74, 6) is 0. The molecule has 4 nitrogen and oxygen atoms in total. The predicted octanol–water partition coefficient (Wildman–Crippen LogP) is 3.43. The lowest BCUT2D eigenvalue weighted by molar-refractivity contribution is -0.385. The van der Waals surface area contributed by atoms with E-state index in [1.807, 2.05) is 6.07 Å². The molecular formula is C11H12BrNO3. The number of nitrogens with zero attached hydrogens (tertiary/aromatic N) is 1. The Morgan fingerprint density at radius 2 is 2.25 bits per heavy atom. The van der Waals surface area contributed by atoms with Crippen molar-refractivity contribution in [1.82, 2.24) is 0 Å². The fourth-order valence-electron chi connectivity index (χ4n) is 1.54. The van der Waals surface area contributed by atoms with E-state index in [0.717, 1.165) is 18.4 Å². The third-order valence-electron chi connectivity index (χ3n) is 2.75.